The average molecular weight is 268 g/mol. The van der Waals surface area contributed by atoms with Crippen LogP contribution in [0, 0.1) is 17.8 Å². The van der Waals surface area contributed by atoms with Crippen LogP contribution < -0.4 is 5.73 Å². The summed E-state index contributed by atoms with van der Waals surface area (Å²) >= 11 is 0. The van der Waals surface area contributed by atoms with Crippen molar-refractivity contribution in [1.29, 1.82) is 0 Å². The summed E-state index contributed by atoms with van der Waals surface area (Å²) in [5.41, 5.74) is 6.44. The van der Waals surface area contributed by atoms with Gasteiger partial charge < -0.3 is 10.5 Å². The van der Waals surface area contributed by atoms with Crippen molar-refractivity contribution >= 4 is 0 Å². The first-order valence-corrected chi connectivity index (χ1v) is 8.06. The van der Waals surface area contributed by atoms with Crippen molar-refractivity contribution in [2.75, 3.05) is 33.4 Å². The smallest absolute Gasteiger partial charge is 0.0469 e. The van der Waals surface area contributed by atoms with Crippen LogP contribution in [0.4, 0.5) is 0 Å². The number of rotatable bonds is 4. The van der Waals surface area contributed by atoms with Crippen LogP contribution in [0.1, 0.15) is 46.0 Å². The van der Waals surface area contributed by atoms with E-state index in [0.717, 1.165) is 37.5 Å². The van der Waals surface area contributed by atoms with Gasteiger partial charge in [0, 0.05) is 31.8 Å². The second-order valence-electron chi connectivity index (χ2n) is 7.06. The van der Waals surface area contributed by atoms with Gasteiger partial charge in [0.05, 0.1) is 0 Å². The van der Waals surface area contributed by atoms with Crippen LogP contribution in [0.15, 0.2) is 0 Å². The summed E-state index contributed by atoms with van der Waals surface area (Å²) < 4.78 is 5.47. The predicted molar refractivity (Wildman–Crippen MR) is 80.1 cm³/mol. The molecule has 0 aromatic heterocycles. The van der Waals surface area contributed by atoms with E-state index in [1.54, 1.807) is 0 Å². The Hall–Kier alpha value is -0.120. The van der Waals surface area contributed by atoms with Crippen molar-refractivity contribution in [3.05, 3.63) is 0 Å². The quantitative estimate of drug-likeness (QED) is 0.851. The molecule has 1 saturated carbocycles. The maximum Gasteiger partial charge on any atom is 0.0469 e. The molecule has 3 heteroatoms. The third-order valence-corrected chi connectivity index (χ3v) is 5.80. The molecule has 0 spiro atoms. The molecule has 3 nitrogen and oxygen atoms in total. The van der Waals surface area contributed by atoms with Crippen LogP contribution in [0.5, 0.6) is 0 Å². The number of hydrogen-bond donors (Lipinski definition) is 1. The van der Waals surface area contributed by atoms with Crippen molar-refractivity contribution in [3.8, 4) is 0 Å². The number of nitrogens with two attached hydrogens (primary N) is 1. The summed E-state index contributed by atoms with van der Waals surface area (Å²) in [6.07, 6.45) is 6.31. The summed E-state index contributed by atoms with van der Waals surface area (Å²) in [5.74, 6) is 2.46. The largest absolute Gasteiger partial charge is 0.381 e. The van der Waals surface area contributed by atoms with Crippen molar-refractivity contribution in [3.63, 3.8) is 0 Å². The molecule has 1 aliphatic heterocycles. The number of likely N-dealkylation sites (N-methyl/N-ethyl adjacent to an activating group) is 1. The summed E-state index contributed by atoms with van der Waals surface area (Å²) in [5, 5.41) is 0. The van der Waals surface area contributed by atoms with Gasteiger partial charge in [-0.1, -0.05) is 13.8 Å². The third kappa shape index (κ3) is 3.50. The molecule has 2 fully saturated rings. The zero-order valence-electron chi connectivity index (χ0n) is 13.0. The summed E-state index contributed by atoms with van der Waals surface area (Å²) in [6, 6.07) is 0. The number of ether oxygens (including phenoxy) is 1. The Morgan fingerprint density at radius 2 is 1.84 bits per heavy atom. The maximum absolute atomic E-state index is 6.19. The fourth-order valence-electron chi connectivity index (χ4n) is 3.88. The molecular weight excluding hydrogens is 236 g/mol. The second-order valence-corrected chi connectivity index (χ2v) is 7.06. The molecule has 0 radical (unpaired) electrons. The zero-order valence-corrected chi connectivity index (χ0v) is 13.0. The Balaban J connectivity index is 1.95. The van der Waals surface area contributed by atoms with Crippen molar-refractivity contribution in [1.82, 2.24) is 4.90 Å². The summed E-state index contributed by atoms with van der Waals surface area (Å²) in [4.78, 5) is 2.59. The maximum atomic E-state index is 6.19. The van der Waals surface area contributed by atoms with E-state index >= 15 is 0 Å². The van der Waals surface area contributed by atoms with Gasteiger partial charge in [0.1, 0.15) is 0 Å². The molecule has 1 heterocycles. The van der Waals surface area contributed by atoms with E-state index < -0.39 is 0 Å². The molecular formula is C16H32N2O. The highest BCUT2D eigenvalue weighted by Crippen LogP contribution is 2.39. The lowest BCUT2D eigenvalue weighted by molar-refractivity contribution is 0.00499. The van der Waals surface area contributed by atoms with Gasteiger partial charge in [-0.15, -0.1) is 0 Å². The molecule has 0 bridgehead atoms. The topological polar surface area (TPSA) is 38.5 Å². The van der Waals surface area contributed by atoms with Crippen molar-refractivity contribution < 1.29 is 4.74 Å². The molecule has 2 rings (SSSR count). The highest BCUT2D eigenvalue weighted by atomic mass is 16.5. The second kappa shape index (κ2) is 6.55. The van der Waals surface area contributed by atoms with Crippen LogP contribution in [-0.2, 0) is 4.74 Å². The predicted octanol–water partition coefficient (Wildman–Crippen LogP) is 2.50. The standard InChI is InChI=1S/C16H32N2O/c1-13-4-7-16(12-17,10-14(13)2)18(3)11-15-5-8-19-9-6-15/h13-15H,4-12,17H2,1-3H3. The van der Waals surface area contributed by atoms with Gasteiger partial charge >= 0.3 is 0 Å². The average Bonchev–Trinajstić information content (AvgIpc) is 2.43. The zero-order chi connectivity index (χ0) is 13.9. The van der Waals surface area contributed by atoms with E-state index in [9.17, 15) is 0 Å². The van der Waals surface area contributed by atoms with Crippen LogP contribution in [-0.4, -0.2) is 43.8 Å². The minimum absolute atomic E-state index is 0.254. The van der Waals surface area contributed by atoms with Gasteiger partial charge in [0.25, 0.3) is 0 Å². The van der Waals surface area contributed by atoms with E-state index in [2.05, 4.69) is 25.8 Å². The molecule has 0 amide bonds. The highest BCUT2D eigenvalue weighted by molar-refractivity contribution is 4.96. The molecule has 3 atom stereocenters. The first-order chi connectivity index (χ1) is 9.07. The Bertz CT molecular complexity index is 278. The molecule has 2 aliphatic rings. The van der Waals surface area contributed by atoms with Gasteiger partial charge in [0.15, 0.2) is 0 Å². The van der Waals surface area contributed by atoms with Crippen molar-refractivity contribution in [2.45, 2.75) is 51.5 Å². The lowest BCUT2D eigenvalue weighted by Gasteiger charge is -2.49. The Morgan fingerprint density at radius 1 is 1.16 bits per heavy atom. The first-order valence-electron chi connectivity index (χ1n) is 8.06. The highest BCUT2D eigenvalue weighted by Gasteiger charge is 2.40. The van der Waals surface area contributed by atoms with Gasteiger partial charge in [-0.05, 0) is 56.9 Å². The Labute approximate surface area is 118 Å². The minimum Gasteiger partial charge on any atom is -0.381 e. The molecule has 19 heavy (non-hydrogen) atoms. The fourth-order valence-corrected chi connectivity index (χ4v) is 3.88. The van der Waals surface area contributed by atoms with Crippen LogP contribution >= 0.6 is 0 Å². The van der Waals surface area contributed by atoms with Gasteiger partial charge in [-0.25, -0.2) is 0 Å². The Kier molecular flexibility index (Phi) is 5.27. The number of nitrogens with zero attached hydrogens (tertiary/aromatic N) is 1. The first kappa shape index (κ1) is 15.3. The van der Waals surface area contributed by atoms with Crippen LogP contribution in [0.3, 0.4) is 0 Å². The third-order valence-electron chi connectivity index (χ3n) is 5.80. The monoisotopic (exact) mass is 268 g/mol. The SMILES string of the molecule is CC1CCC(CN)(N(C)CC2CCOCC2)CC1C. The van der Waals surface area contributed by atoms with Gasteiger partial charge in [0.2, 0.25) is 0 Å². The van der Waals surface area contributed by atoms with Crippen LogP contribution in [0.25, 0.3) is 0 Å². The summed E-state index contributed by atoms with van der Waals surface area (Å²) in [6.45, 7) is 8.69. The van der Waals surface area contributed by atoms with Gasteiger partial charge in [-0.2, -0.15) is 0 Å². The molecule has 0 aromatic rings. The summed E-state index contributed by atoms with van der Waals surface area (Å²) in [7, 11) is 2.30. The molecule has 0 aromatic carbocycles. The molecule has 3 unspecified atom stereocenters. The molecule has 1 aliphatic carbocycles. The fraction of sp³-hybridized carbons (Fsp3) is 1.00. The lowest BCUT2D eigenvalue weighted by atomic mass is 9.70. The van der Waals surface area contributed by atoms with Crippen molar-refractivity contribution in [2.24, 2.45) is 23.5 Å². The van der Waals surface area contributed by atoms with E-state index in [1.165, 1.54) is 38.6 Å². The van der Waals surface area contributed by atoms with E-state index in [1.807, 2.05) is 0 Å². The normalized spacial score (nSPS) is 37.7. The minimum atomic E-state index is 0.254. The van der Waals surface area contributed by atoms with Gasteiger partial charge in [-0.3, -0.25) is 4.90 Å². The molecule has 112 valence electrons. The molecule has 1 saturated heterocycles. The van der Waals surface area contributed by atoms with Crippen LogP contribution in [0.2, 0.25) is 0 Å². The molecule has 2 N–H and O–H groups in total. The van der Waals surface area contributed by atoms with E-state index in [4.69, 9.17) is 10.5 Å². The Morgan fingerprint density at radius 3 is 2.42 bits per heavy atom. The number of hydrogen-bond acceptors (Lipinski definition) is 3. The van der Waals surface area contributed by atoms with E-state index in [0.29, 0.717) is 0 Å². The van der Waals surface area contributed by atoms with E-state index in [-0.39, 0.29) is 5.54 Å². The lowest BCUT2D eigenvalue weighted by Crippen LogP contribution is -2.56.